The van der Waals surface area contributed by atoms with Gasteiger partial charge in [-0.15, -0.1) is 0 Å². The number of ether oxygens (including phenoxy) is 2. The number of rotatable bonds is 2. The summed E-state index contributed by atoms with van der Waals surface area (Å²) >= 11 is 2.94. The predicted molar refractivity (Wildman–Crippen MR) is 46.0 cm³/mol. The highest BCUT2D eigenvalue weighted by Gasteiger charge is 2.10. The van der Waals surface area contributed by atoms with Crippen LogP contribution in [-0.4, -0.2) is 30.5 Å². The molecule has 1 rings (SSSR count). The van der Waals surface area contributed by atoms with Gasteiger partial charge in [0.15, 0.2) is 0 Å². The summed E-state index contributed by atoms with van der Waals surface area (Å²) in [4.78, 5) is 19.8. The minimum absolute atomic E-state index is 0.0648. The number of carbonyl (C=O) groups is 2. The number of esters is 2. The quantitative estimate of drug-likeness (QED) is 0.530. The predicted octanol–water partition coefficient (Wildman–Crippen LogP) is 0.878. The van der Waals surface area contributed by atoms with Gasteiger partial charge in [-0.25, -0.2) is 0 Å². The molecule has 0 aromatic carbocycles. The molecule has 0 aromatic rings. The average Bonchev–Trinajstić information content (AvgIpc) is 2.02. The lowest BCUT2D eigenvalue weighted by Gasteiger charge is -2.09. The van der Waals surface area contributed by atoms with Gasteiger partial charge in [0.1, 0.15) is 11.9 Å². The highest BCUT2D eigenvalue weighted by atomic mass is 79.9. The molecule has 0 atom stereocenters. The Morgan fingerprint density at radius 2 is 2.25 bits per heavy atom. The van der Waals surface area contributed by atoms with E-state index in [-0.39, 0.29) is 11.9 Å². The van der Waals surface area contributed by atoms with Crippen LogP contribution in [0, 0.1) is 0 Å². The largest absolute Gasteiger partial charge is 0.465 e. The average molecular weight is 239 g/mol. The standard InChI is InChI=1S/C4H7BrO2.C3H4O2/c1-2-7-4(6)3-5;4-3-1-2-5-3/h2-3H2,1H3;1-2H2. The third kappa shape index (κ3) is 6.15. The van der Waals surface area contributed by atoms with E-state index in [4.69, 9.17) is 0 Å². The fraction of sp³-hybridized carbons (Fsp3) is 0.714. The minimum atomic E-state index is -0.206. The second-order valence-corrected chi connectivity index (χ2v) is 2.47. The molecule has 1 heterocycles. The van der Waals surface area contributed by atoms with Crippen LogP contribution in [0.4, 0.5) is 0 Å². The van der Waals surface area contributed by atoms with E-state index in [1.54, 1.807) is 6.92 Å². The van der Waals surface area contributed by atoms with Crippen LogP contribution in [0.15, 0.2) is 0 Å². The van der Waals surface area contributed by atoms with Gasteiger partial charge in [-0.05, 0) is 6.92 Å². The van der Waals surface area contributed by atoms with Gasteiger partial charge in [-0.1, -0.05) is 15.9 Å². The van der Waals surface area contributed by atoms with Crippen molar-refractivity contribution in [2.45, 2.75) is 13.3 Å². The Hall–Kier alpha value is -0.580. The molecular weight excluding hydrogens is 228 g/mol. The third-order valence-corrected chi connectivity index (χ3v) is 1.44. The van der Waals surface area contributed by atoms with Crippen molar-refractivity contribution in [1.82, 2.24) is 0 Å². The maximum Gasteiger partial charge on any atom is 0.316 e. The second kappa shape index (κ2) is 7.09. The number of carbonyl (C=O) groups excluding carboxylic acids is 2. The topological polar surface area (TPSA) is 52.6 Å². The maximum atomic E-state index is 10.1. The van der Waals surface area contributed by atoms with E-state index in [1.807, 2.05) is 0 Å². The van der Waals surface area contributed by atoms with E-state index < -0.39 is 0 Å². The van der Waals surface area contributed by atoms with Crippen molar-refractivity contribution in [3.63, 3.8) is 0 Å². The number of cyclic esters (lactones) is 1. The van der Waals surface area contributed by atoms with Crippen LogP contribution in [0.3, 0.4) is 0 Å². The van der Waals surface area contributed by atoms with Crippen molar-refractivity contribution in [3.8, 4) is 0 Å². The fourth-order valence-corrected chi connectivity index (χ4v) is 0.547. The van der Waals surface area contributed by atoms with Crippen LogP contribution in [-0.2, 0) is 19.1 Å². The van der Waals surface area contributed by atoms with Gasteiger partial charge in [0.25, 0.3) is 0 Å². The molecule has 0 bridgehead atoms. The summed E-state index contributed by atoms with van der Waals surface area (Å²) in [6, 6.07) is 0. The number of alkyl halides is 1. The Morgan fingerprint density at radius 1 is 1.75 bits per heavy atom. The molecule has 5 heteroatoms. The Bertz CT molecular complexity index is 151. The SMILES string of the molecule is CCOC(=O)CBr.O=C1CCO1. The van der Waals surface area contributed by atoms with E-state index >= 15 is 0 Å². The summed E-state index contributed by atoms with van der Waals surface area (Å²) in [5, 5.41) is 0.292. The zero-order valence-corrected chi connectivity index (χ0v) is 8.43. The maximum absolute atomic E-state index is 10.1. The van der Waals surface area contributed by atoms with Crippen molar-refractivity contribution in [3.05, 3.63) is 0 Å². The van der Waals surface area contributed by atoms with Crippen molar-refractivity contribution in [2.75, 3.05) is 18.5 Å². The van der Waals surface area contributed by atoms with Gasteiger partial charge in [0.2, 0.25) is 0 Å². The summed E-state index contributed by atoms with van der Waals surface area (Å²) < 4.78 is 8.80. The molecule has 0 aliphatic carbocycles. The molecule has 1 aliphatic rings. The molecule has 0 N–H and O–H groups in total. The summed E-state index contributed by atoms with van der Waals surface area (Å²) in [6.07, 6.45) is 0.625. The molecule has 12 heavy (non-hydrogen) atoms. The molecule has 0 spiro atoms. The summed E-state index contributed by atoms with van der Waals surface area (Å²) in [6.45, 7) is 2.88. The first-order valence-electron chi connectivity index (χ1n) is 3.58. The summed E-state index contributed by atoms with van der Waals surface area (Å²) in [7, 11) is 0. The molecule has 1 aliphatic heterocycles. The number of hydrogen-bond donors (Lipinski definition) is 0. The molecule has 0 amide bonds. The van der Waals surface area contributed by atoms with Crippen LogP contribution in [0.5, 0.6) is 0 Å². The van der Waals surface area contributed by atoms with E-state index in [9.17, 15) is 9.59 Å². The summed E-state index contributed by atoms with van der Waals surface area (Å²) in [5.74, 6) is -0.271. The smallest absolute Gasteiger partial charge is 0.316 e. The molecule has 0 unspecified atom stereocenters. The monoisotopic (exact) mass is 238 g/mol. The van der Waals surface area contributed by atoms with Crippen LogP contribution in [0.2, 0.25) is 0 Å². The minimum Gasteiger partial charge on any atom is -0.465 e. The number of halogens is 1. The van der Waals surface area contributed by atoms with E-state index in [0.29, 0.717) is 25.0 Å². The Labute approximate surface area is 79.3 Å². The molecule has 70 valence electrons. The van der Waals surface area contributed by atoms with Gasteiger partial charge >= 0.3 is 11.9 Å². The van der Waals surface area contributed by atoms with E-state index in [0.717, 1.165) is 0 Å². The van der Waals surface area contributed by atoms with Crippen molar-refractivity contribution < 1.29 is 19.1 Å². The molecule has 1 fully saturated rings. The lowest BCUT2D eigenvalue weighted by molar-refractivity contribution is -0.157. The second-order valence-electron chi connectivity index (χ2n) is 1.91. The van der Waals surface area contributed by atoms with E-state index in [1.165, 1.54) is 0 Å². The van der Waals surface area contributed by atoms with Crippen LogP contribution >= 0.6 is 15.9 Å². The molecule has 1 saturated heterocycles. The van der Waals surface area contributed by atoms with Crippen molar-refractivity contribution in [2.24, 2.45) is 0 Å². The van der Waals surface area contributed by atoms with Crippen LogP contribution in [0.1, 0.15) is 13.3 Å². The van der Waals surface area contributed by atoms with Crippen molar-refractivity contribution >= 4 is 27.9 Å². The Morgan fingerprint density at radius 3 is 2.33 bits per heavy atom. The first-order chi connectivity index (χ1) is 5.70. The molecule has 4 nitrogen and oxygen atoms in total. The summed E-state index contributed by atoms with van der Waals surface area (Å²) in [5.41, 5.74) is 0. The first kappa shape index (κ1) is 11.4. The number of hydrogen-bond acceptors (Lipinski definition) is 4. The normalized spacial score (nSPS) is 13.3. The van der Waals surface area contributed by atoms with Gasteiger partial charge in [0, 0.05) is 0 Å². The first-order valence-corrected chi connectivity index (χ1v) is 4.70. The molecule has 0 aromatic heterocycles. The third-order valence-electron chi connectivity index (χ3n) is 0.984. The van der Waals surface area contributed by atoms with Crippen molar-refractivity contribution in [1.29, 1.82) is 0 Å². The van der Waals surface area contributed by atoms with Crippen LogP contribution < -0.4 is 0 Å². The van der Waals surface area contributed by atoms with Gasteiger partial charge in [-0.3, -0.25) is 9.59 Å². The molecular formula is C7H11BrO4. The fourth-order valence-electron chi connectivity index (χ4n) is 0.385. The lowest BCUT2D eigenvalue weighted by Crippen LogP contribution is -2.18. The van der Waals surface area contributed by atoms with Gasteiger partial charge < -0.3 is 9.47 Å². The molecule has 0 radical (unpaired) electrons. The van der Waals surface area contributed by atoms with E-state index in [2.05, 4.69) is 25.4 Å². The lowest BCUT2D eigenvalue weighted by atomic mass is 10.4. The molecule has 0 saturated carbocycles. The zero-order valence-electron chi connectivity index (χ0n) is 6.84. The highest BCUT2D eigenvalue weighted by Crippen LogP contribution is 1.97. The van der Waals surface area contributed by atoms with Gasteiger partial charge in [-0.2, -0.15) is 0 Å². The zero-order chi connectivity index (χ0) is 9.40. The highest BCUT2D eigenvalue weighted by molar-refractivity contribution is 9.09. The van der Waals surface area contributed by atoms with Crippen LogP contribution in [0.25, 0.3) is 0 Å². The Balaban J connectivity index is 0.000000211. The Kier molecular flexibility index (Phi) is 6.75. The van der Waals surface area contributed by atoms with Gasteiger partial charge in [0.05, 0.1) is 13.0 Å².